The summed E-state index contributed by atoms with van der Waals surface area (Å²) in [4.78, 5) is 33.3. The zero-order valence-electron chi connectivity index (χ0n) is 22.7. The summed E-state index contributed by atoms with van der Waals surface area (Å²) in [5.74, 6) is -1.51. The van der Waals surface area contributed by atoms with E-state index in [0.717, 1.165) is 24.8 Å². The van der Waals surface area contributed by atoms with E-state index in [4.69, 9.17) is 4.74 Å². The molecule has 3 heterocycles. The first kappa shape index (κ1) is 28.8. The Morgan fingerprint density at radius 2 is 1.83 bits per heavy atom. The van der Waals surface area contributed by atoms with Crippen LogP contribution < -0.4 is 15.8 Å². The SMILES string of the molecule is CN1CCN(c2ccc(-c3cc(CN(C)C4COC4)ccc3F)cc2NC(=O)c2c[nH]c(=O)cc2C(F)(F)F)CC1. The number of benzene rings is 2. The van der Waals surface area contributed by atoms with E-state index in [1.54, 1.807) is 30.3 Å². The standard InChI is InChI=1S/C29H31F4N5O3/c1-36-7-9-38(10-8-36)26-6-4-19(21-11-18(3-5-24(21)30)15-37(2)20-16-41-17-20)12-25(26)35-28(40)22-14-34-27(39)13-23(22)29(31,32)33/h3-6,11-14,20H,7-10,15-17H2,1-2H3,(H,34,39)(H,35,40). The summed E-state index contributed by atoms with van der Waals surface area (Å²) in [5, 5.41) is 2.61. The Morgan fingerprint density at radius 1 is 1.10 bits per heavy atom. The summed E-state index contributed by atoms with van der Waals surface area (Å²) in [6, 6.07) is 10.6. The largest absolute Gasteiger partial charge is 0.417 e. The van der Waals surface area contributed by atoms with Gasteiger partial charge in [-0.3, -0.25) is 14.5 Å². The highest BCUT2D eigenvalue weighted by Crippen LogP contribution is 2.36. The first-order chi connectivity index (χ1) is 19.5. The van der Waals surface area contributed by atoms with Crippen molar-refractivity contribution in [2.45, 2.75) is 18.8 Å². The molecule has 41 heavy (non-hydrogen) atoms. The van der Waals surface area contributed by atoms with E-state index >= 15 is 4.39 Å². The fourth-order valence-electron chi connectivity index (χ4n) is 5.00. The molecule has 12 heteroatoms. The number of aromatic amines is 1. The molecule has 3 aromatic rings. The first-order valence-corrected chi connectivity index (χ1v) is 13.2. The van der Waals surface area contributed by atoms with Crippen molar-refractivity contribution in [3.05, 3.63) is 81.5 Å². The van der Waals surface area contributed by atoms with Gasteiger partial charge in [-0.2, -0.15) is 13.2 Å². The molecule has 2 aliphatic heterocycles. The average molecular weight is 574 g/mol. The Balaban J connectivity index is 1.51. The highest BCUT2D eigenvalue weighted by Gasteiger charge is 2.36. The second kappa shape index (κ2) is 11.6. The highest BCUT2D eigenvalue weighted by atomic mass is 19.4. The van der Waals surface area contributed by atoms with Gasteiger partial charge in [-0.15, -0.1) is 0 Å². The molecule has 0 aliphatic carbocycles. The molecular weight excluding hydrogens is 542 g/mol. The molecule has 1 aromatic heterocycles. The number of H-pyrrole nitrogens is 1. The molecule has 0 atom stereocenters. The molecule has 5 rings (SSSR count). The number of amides is 1. The van der Waals surface area contributed by atoms with Gasteiger partial charge in [-0.1, -0.05) is 12.1 Å². The number of carbonyl (C=O) groups excluding carboxylic acids is 1. The maximum absolute atomic E-state index is 15.1. The van der Waals surface area contributed by atoms with E-state index in [1.807, 2.05) is 19.0 Å². The molecule has 0 unspecified atom stereocenters. The van der Waals surface area contributed by atoms with Gasteiger partial charge in [0.15, 0.2) is 0 Å². The Morgan fingerprint density at radius 3 is 2.49 bits per heavy atom. The van der Waals surface area contributed by atoms with Gasteiger partial charge < -0.3 is 24.8 Å². The van der Waals surface area contributed by atoms with E-state index < -0.39 is 34.6 Å². The number of halogens is 4. The molecule has 2 N–H and O–H groups in total. The van der Waals surface area contributed by atoms with Gasteiger partial charge in [0.1, 0.15) is 5.82 Å². The Bertz CT molecular complexity index is 1480. The summed E-state index contributed by atoms with van der Waals surface area (Å²) >= 11 is 0. The summed E-state index contributed by atoms with van der Waals surface area (Å²) in [6.07, 6.45) is -4.15. The number of likely N-dealkylation sites (N-methyl/N-ethyl adjacent to an activating group) is 2. The van der Waals surface area contributed by atoms with Crippen LogP contribution in [0.15, 0.2) is 53.5 Å². The van der Waals surface area contributed by atoms with Gasteiger partial charge in [-0.05, 0) is 49.5 Å². The van der Waals surface area contributed by atoms with Crippen LogP contribution in [0.1, 0.15) is 21.5 Å². The Hall–Kier alpha value is -3.74. The van der Waals surface area contributed by atoms with Crippen molar-refractivity contribution in [2.24, 2.45) is 0 Å². The number of anilines is 2. The molecule has 2 saturated heterocycles. The smallest absolute Gasteiger partial charge is 0.378 e. The molecule has 2 aliphatic rings. The third-order valence-electron chi connectivity index (χ3n) is 7.58. The lowest BCUT2D eigenvalue weighted by molar-refractivity contribution is -0.138. The minimum atomic E-state index is -4.91. The number of piperazine rings is 1. The van der Waals surface area contributed by atoms with Crippen molar-refractivity contribution in [3.63, 3.8) is 0 Å². The summed E-state index contributed by atoms with van der Waals surface area (Å²) in [7, 11) is 3.96. The van der Waals surface area contributed by atoms with Gasteiger partial charge in [0.05, 0.1) is 41.8 Å². The molecule has 8 nitrogen and oxygen atoms in total. The van der Waals surface area contributed by atoms with Crippen LogP contribution in [0, 0.1) is 5.82 Å². The molecule has 0 radical (unpaired) electrons. The van der Waals surface area contributed by atoms with E-state index in [1.165, 1.54) is 6.07 Å². The Labute approximate surface area is 234 Å². The van der Waals surface area contributed by atoms with Gasteiger partial charge in [0.25, 0.3) is 5.91 Å². The summed E-state index contributed by atoms with van der Waals surface area (Å²) < 4.78 is 61.4. The number of aromatic nitrogens is 1. The summed E-state index contributed by atoms with van der Waals surface area (Å²) in [5.41, 5.74) is -0.531. The molecular formula is C29H31F4N5O3. The maximum Gasteiger partial charge on any atom is 0.417 e. The third kappa shape index (κ3) is 6.45. The minimum Gasteiger partial charge on any atom is -0.378 e. The lowest BCUT2D eigenvalue weighted by atomic mass is 10.00. The molecule has 0 saturated carbocycles. The Kier molecular flexibility index (Phi) is 8.16. The molecule has 0 bridgehead atoms. The number of hydrogen-bond donors (Lipinski definition) is 2. The number of ether oxygens (including phenoxy) is 1. The third-order valence-corrected chi connectivity index (χ3v) is 7.58. The highest BCUT2D eigenvalue weighted by molar-refractivity contribution is 6.07. The van der Waals surface area contributed by atoms with Crippen molar-refractivity contribution in [1.82, 2.24) is 14.8 Å². The van der Waals surface area contributed by atoms with Crippen LogP contribution >= 0.6 is 0 Å². The van der Waals surface area contributed by atoms with Gasteiger partial charge >= 0.3 is 6.18 Å². The lowest BCUT2D eigenvalue weighted by Crippen LogP contribution is -2.46. The van der Waals surface area contributed by atoms with E-state index in [0.29, 0.717) is 61.8 Å². The van der Waals surface area contributed by atoms with Crippen molar-refractivity contribution < 1.29 is 27.1 Å². The number of nitrogens with zero attached hydrogens (tertiary/aromatic N) is 3. The van der Waals surface area contributed by atoms with Crippen LogP contribution in [0.2, 0.25) is 0 Å². The van der Waals surface area contributed by atoms with Gasteiger partial charge in [-0.25, -0.2) is 4.39 Å². The number of pyridine rings is 1. The quantitative estimate of drug-likeness (QED) is 0.416. The molecule has 2 aromatic carbocycles. The van der Waals surface area contributed by atoms with Crippen molar-refractivity contribution in [3.8, 4) is 11.1 Å². The van der Waals surface area contributed by atoms with E-state index in [2.05, 4.69) is 20.1 Å². The van der Waals surface area contributed by atoms with Gasteiger partial charge in [0, 0.05) is 50.6 Å². The first-order valence-electron chi connectivity index (χ1n) is 13.2. The van der Waals surface area contributed by atoms with Crippen LogP contribution in [0.4, 0.5) is 28.9 Å². The maximum atomic E-state index is 15.1. The molecule has 0 spiro atoms. The zero-order chi connectivity index (χ0) is 29.3. The zero-order valence-corrected chi connectivity index (χ0v) is 22.7. The second-order valence-corrected chi connectivity index (χ2v) is 10.5. The number of nitrogens with one attached hydrogen (secondary N) is 2. The van der Waals surface area contributed by atoms with Crippen molar-refractivity contribution in [1.29, 1.82) is 0 Å². The average Bonchev–Trinajstić information content (AvgIpc) is 2.89. The number of carbonyl (C=O) groups is 1. The fraction of sp³-hybridized carbons (Fsp3) is 0.379. The number of rotatable bonds is 7. The topological polar surface area (TPSA) is 80.9 Å². The monoisotopic (exact) mass is 573 g/mol. The van der Waals surface area contributed by atoms with Crippen LogP contribution in [-0.2, 0) is 17.5 Å². The van der Waals surface area contributed by atoms with E-state index in [-0.39, 0.29) is 5.69 Å². The fourth-order valence-corrected chi connectivity index (χ4v) is 5.00. The summed E-state index contributed by atoms with van der Waals surface area (Å²) in [6.45, 7) is 4.64. The lowest BCUT2D eigenvalue weighted by Gasteiger charge is -2.35. The normalized spacial score (nSPS) is 16.6. The predicted octanol–water partition coefficient (Wildman–Crippen LogP) is 4.03. The van der Waals surface area contributed by atoms with Crippen LogP contribution in [0.5, 0.6) is 0 Å². The van der Waals surface area contributed by atoms with Crippen molar-refractivity contribution in [2.75, 3.05) is 63.7 Å². The number of alkyl halides is 3. The van der Waals surface area contributed by atoms with Crippen LogP contribution in [0.3, 0.4) is 0 Å². The van der Waals surface area contributed by atoms with Crippen LogP contribution in [0.25, 0.3) is 11.1 Å². The minimum absolute atomic E-state index is 0.241. The van der Waals surface area contributed by atoms with E-state index in [9.17, 15) is 22.8 Å². The molecule has 1 amide bonds. The van der Waals surface area contributed by atoms with Crippen LogP contribution in [-0.4, -0.2) is 80.2 Å². The second-order valence-electron chi connectivity index (χ2n) is 10.5. The molecule has 218 valence electrons. The van der Waals surface area contributed by atoms with Crippen molar-refractivity contribution >= 4 is 17.3 Å². The predicted molar refractivity (Wildman–Crippen MR) is 148 cm³/mol. The van der Waals surface area contributed by atoms with Gasteiger partial charge in [0.2, 0.25) is 5.56 Å². The molecule has 2 fully saturated rings. The number of hydrogen-bond acceptors (Lipinski definition) is 6.